The zero-order chi connectivity index (χ0) is 13.4. The van der Waals surface area contributed by atoms with Crippen LogP contribution in [0.5, 0.6) is 0 Å². The zero-order valence-electron chi connectivity index (χ0n) is 11.2. The smallest absolute Gasteiger partial charge is 0.175 e. The van der Waals surface area contributed by atoms with E-state index in [1.165, 1.54) is 0 Å². The Kier molecular flexibility index (Phi) is 2.74. The van der Waals surface area contributed by atoms with Crippen LogP contribution in [0.15, 0.2) is 30.5 Å². The van der Waals surface area contributed by atoms with Crippen LogP contribution in [-0.4, -0.2) is 19.6 Å². The number of anilines is 1. The molecular formula is C14H17N5. The maximum Gasteiger partial charge on any atom is 0.175 e. The molecule has 0 atom stereocenters. The van der Waals surface area contributed by atoms with E-state index in [2.05, 4.69) is 17.1 Å². The molecule has 0 aliphatic rings. The van der Waals surface area contributed by atoms with Crippen molar-refractivity contribution >= 4 is 16.6 Å². The Morgan fingerprint density at radius 1 is 1.26 bits per heavy atom. The molecule has 0 unspecified atom stereocenters. The third-order valence-electron chi connectivity index (χ3n) is 3.29. The van der Waals surface area contributed by atoms with Gasteiger partial charge in [0.1, 0.15) is 5.69 Å². The Balaban J connectivity index is 2.21. The number of hydrogen-bond acceptors (Lipinski definition) is 3. The fourth-order valence-corrected chi connectivity index (χ4v) is 2.40. The summed E-state index contributed by atoms with van der Waals surface area (Å²) in [7, 11) is 1.90. The Labute approximate surface area is 111 Å². The van der Waals surface area contributed by atoms with E-state index in [1.807, 2.05) is 42.2 Å². The van der Waals surface area contributed by atoms with Crippen LogP contribution >= 0.6 is 0 Å². The second-order valence-electron chi connectivity index (χ2n) is 4.67. The van der Waals surface area contributed by atoms with Crippen molar-refractivity contribution in [3.8, 4) is 5.82 Å². The average molecular weight is 255 g/mol. The number of para-hydroxylation sites is 1. The Morgan fingerprint density at radius 3 is 2.84 bits per heavy atom. The van der Waals surface area contributed by atoms with Crippen molar-refractivity contribution in [2.45, 2.75) is 19.8 Å². The Morgan fingerprint density at radius 2 is 2.05 bits per heavy atom. The number of aromatic nitrogens is 4. The number of rotatable bonds is 3. The first-order chi connectivity index (χ1) is 9.22. The molecule has 0 amide bonds. The molecule has 3 aromatic rings. The molecule has 0 bridgehead atoms. The fraction of sp³-hybridized carbons (Fsp3) is 0.286. The number of benzene rings is 1. The lowest BCUT2D eigenvalue weighted by Crippen LogP contribution is -2.06. The van der Waals surface area contributed by atoms with Crippen molar-refractivity contribution in [2.75, 3.05) is 5.73 Å². The molecule has 5 heteroatoms. The molecular weight excluding hydrogens is 238 g/mol. The summed E-state index contributed by atoms with van der Waals surface area (Å²) in [5.74, 6) is 0.838. The zero-order valence-corrected chi connectivity index (χ0v) is 11.2. The molecule has 0 fully saturated rings. The SMILES string of the molecule is CCCc1nn(C)c(-n2ncc3ccccc32)c1N. The van der Waals surface area contributed by atoms with Crippen LogP contribution in [0.4, 0.5) is 5.69 Å². The Hall–Kier alpha value is -2.30. The summed E-state index contributed by atoms with van der Waals surface area (Å²) in [5, 5.41) is 10.0. The highest BCUT2D eigenvalue weighted by molar-refractivity contribution is 5.81. The van der Waals surface area contributed by atoms with E-state index >= 15 is 0 Å². The van der Waals surface area contributed by atoms with Gasteiger partial charge in [0.2, 0.25) is 0 Å². The van der Waals surface area contributed by atoms with Crippen molar-refractivity contribution in [3.05, 3.63) is 36.2 Å². The quantitative estimate of drug-likeness (QED) is 0.781. The van der Waals surface area contributed by atoms with Gasteiger partial charge in [-0.2, -0.15) is 10.2 Å². The summed E-state index contributed by atoms with van der Waals surface area (Å²) in [6, 6.07) is 8.08. The van der Waals surface area contributed by atoms with Gasteiger partial charge in [-0.1, -0.05) is 31.5 Å². The topological polar surface area (TPSA) is 61.7 Å². The largest absolute Gasteiger partial charge is 0.394 e. The molecule has 2 heterocycles. The summed E-state index contributed by atoms with van der Waals surface area (Å²) in [6.07, 6.45) is 3.76. The fourth-order valence-electron chi connectivity index (χ4n) is 2.40. The van der Waals surface area contributed by atoms with E-state index in [1.54, 1.807) is 4.68 Å². The molecule has 2 N–H and O–H groups in total. The first-order valence-electron chi connectivity index (χ1n) is 6.47. The minimum absolute atomic E-state index is 0.721. The van der Waals surface area contributed by atoms with E-state index in [0.717, 1.165) is 40.9 Å². The number of fused-ring (bicyclic) bond motifs is 1. The molecule has 19 heavy (non-hydrogen) atoms. The molecule has 0 saturated carbocycles. The minimum atomic E-state index is 0.721. The monoisotopic (exact) mass is 255 g/mol. The van der Waals surface area contributed by atoms with Gasteiger partial charge in [-0.3, -0.25) is 0 Å². The molecule has 3 rings (SSSR count). The molecule has 5 nitrogen and oxygen atoms in total. The van der Waals surface area contributed by atoms with Gasteiger partial charge in [-0.25, -0.2) is 9.36 Å². The standard InChI is InChI=1S/C14H17N5/c1-3-6-11-13(15)14(18(2)17-11)19-12-8-5-4-7-10(12)9-16-19/h4-5,7-9H,3,6,15H2,1-2H3. The van der Waals surface area contributed by atoms with Crippen molar-refractivity contribution in [1.29, 1.82) is 0 Å². The third kappa shape index (κ3) is 1.78. The van der Waals surface area contributed by atoms with Crippen LogP contribution in [0.3, 0.4) is 0 Å². The molecule has 0 aliphatic carbocycles. The maximum atomic E-state index is 6.23. The molecule has 2 aromatic heterocycles. The van der Waals surface area contributed by atoms with Crippen LogP contribution in [-0.2, 0) is 13.5 Å². The van der Waals surface area contributed by atoms with E-state index in [9.17, 15) is 0 Å². The van der Waals surface area contributed by atoms with E-state index < -0.39 is 0 Å². The molecule has 0 radical (unpaired) electrons. The molecule has 0 saturated heterocycles. The minimum Gasteiger partial charge on any atom is -0.394 e. The van der Waals surface area contributed by atoms with E-state index in [-0.39, 0.29) is 0 Å². The van der Waals surface area contributed by atoms with Gasteiger partial charge in [0, 0.05) is 12.4 Å². The van der Waals surface area contributed by atoms with E-state index in [4.69, 9.17) is 5.73 Å². The van der Waals surface area contributed by atoms with E-state index in [0.29, 0.717) is 0 Å². The Bertz CT molecular complexity index is 723. The highest BCUT2D eigenvalue weighted by Crippen LogP contribution is 2.25. The van der Waals surface area contributed by atoms with Gasteiger partial charge in [0.25, 0.3) is 0 Å². The highest BCUT2D eigenvalue weighted by Gasteiger charge is 2.16. The van der Waals surface area contributed by atoms with Crippen molar-refractivity contribution < 1.29 is 0 Å². The van der Waals surface area contributed by atoms with Gasteiger partial charge >= 0.3 is 0 Å². The second kappa shape index (κ2) is 4.42. The lowest BCUT2D eigenvalue weighted by molar-refractivity contribution is 0.692. The van der Waals surface area contributed by atoms with Crippen molar-refractivity contribution in [1.82, 2.24) is 19.6 Å². The predicted molar refractivity (Wildman–Crippen MR) is 76.2 cm³/mol. The lowest BCUT2D eigenvalue weighted by Gasteiger charge is -2.05. The first-order valence-corrected chi connectivity index (χ1v) is 6.47. The first kappa shape index (κ1) is 11.8. The summed E-state index contributed by atoms with van der Waals surface area (Å²) in [6.45, 7) is 2.12. The number of nitrogens with zero attached hydrogens (tertiary/aromatic N) is 4. The van der Waals surface area contributed by atoms with Gasteiger partial charge in [0.05, 0.1) is 17.4 Å². The van der Waals surface area contributed by atoms with Gasteiger partial charge in [0.15, 0.2) is 5.82 Å². The van der Waals surface area contributed by atoms with Crippen LogP contribution in [0.2, 0.25) is 0 Å². The number of nitrogen functional groups attached to an aromatic ring is 1. The molecule has 1 aromatic carbocycles. The average Bonchev–Trinajstić information content (AvgIpc) is 2.93. The van der Waals surface area contributed by atoms with Crippen LogP contribution in [0.25, 0.3) is 16.7 Å². The maximum absolute atomic E-state index is 6.23. The number of hydrogen-bond donors (Lipinski definition) is 1. The predicted octanol–water partition coefficient (Wildman–Crippen LogP) is 2.29. The molecule has 98 valence electrons. The highest BCUT2D eigenvalue weighted by atomic mass is 15.4. The van der Waals surface area contributed by atoms with Gasteiger partial charge in [-0.05, 0) is 12.5 Å². The second-order valence-corrected chi connectivity index (χ2v) is 4.67. The third-order valence-corrected chi connectivity index (χ3v) is 3.29. The summed E-state index contributed by atoms with van der Waals surface area (Å²) >= 11 is 0. The number of nitrogens with two attached hydrogens (primary N) is 1. The lowest BCUT2D eigenvalue weighted by atomic mass is 10.2. The van der Waals surface area contributed by atoms with Crippen molar-refractivity contribution in [3.63, 3.8) is 0 Å². The van der Waals surface area contributed by atoms with Crippen LogP contribution in [0, 0.1) is 0 Å². The van der Waals surface area contributed by atoms with Crippen molar-refractivity contribution in [2.24, 2.45) is 7.05 Å². The van der Waals surface area contributed by atoms with Crippen LogP contribution in [0.1, 0.15) is 19.0 Å². The summed E-state index contributed by atoms with van der Waals surface area (Å²) in [4.78, 5) is 0. The molecule has 0 spiro atoms. The van der Waals surface area contributed by atoms with Gasteiger partial charge < -0.3 is 5.73 Å². The van der Waals surface area contributed by atoms with Gasteiger partial charge in [-0.15, -0.1) is 0 Å². The van der Waals surface area contributed by atoms with Crippen LogP contribution < -0.4 is 5.73 Å². The summed E-state index contributed by atoms with van der Waals surface area (Å²) in [5.41, 5.74) is 8.93. The molecule has 0 aliphatic heterocycles. The normalized spacial score (nSPS) is 11.3. The summed E-state index contributed by atoms with van der Waals surface area (Å²) < 4.78 is 3.66. The number of aryl methyl sites for hydroxylation is 2.